The third kappa shape index (κ3) is 2.10. The summed E-state index contributed by atoms with van der Waals surface area (Å²) < 4.78 is 5.10. The lowest BCUT2D eigenvalue weighted by Crippen LogP contribution is -2.45. The maximum absolute atomic E-state index is 5.10. The highest BCUT2D eigenvalue weighted by molar-refractivity contribution is 7.12. The molecule has 1 saturated heterocycles. The Balaban J connectivity index is 1.89. The second-order valence-corrected chi connectivity index (χ2v) is 5.01. The molecule has 0 aliphatic carbocycles. The van der Waals surface area contributed by atoms with Crippen LogP contribution in [-0.2, 0) is 11.3 Å². The minimum atomic E-state index is 0.583. The maximum Gasteiger partial charge on any atom is 0.0643 e. The van der Waals surface area contributed by atoms with Crippen LogP contribution in [0.4, 0.5) is 0 Å². The van der Waals surface area contributed by atoms with E-state index in [9.17, 15) is 0 Å². The summed E-state index contributed by atoms with van der Waals surface area (Å²) in [5, 5.41) is 3.47. The molecule has 0 amide bonds. The van der Waals surface area contributed by atoms with Gasteiger partial charge in [-0.1, -0.05) is 0 Å². The van der Waals surface area contributed by atoms with E-state index in [1.807, 2.05) is 11.3 Å². The molecule has 0 atom stereocenters. The predicted octanol–water partition coefficient (Wildman–Crippen LogP) is 1.85. The molecule has 0 radical (unpaired) electrons. The Bertz CT molecular complexity index is 291. The zero-order valence-corrected chi connectivity index (χ0v) is 8.91. The SMILES string of the molecule is Cc1cc(CNC2COC2)c(C)s1. The first kappa shape index (κ1) is 9.19. The van der Waals surface area contributed by atoms with Crippen molar-refractivity contribution in [1.82, 2.24) is 5.32 Å². The van der Waals surface area contributed by atoms with E-state index in [0.29, 0.717) is 6.04 Å². The monoisotopic (exact) mass is 197 g/mol. The Hall–Kier alpha value is -0.380. The Labute approximate surface area is 82.9 Å². The van der Waals surface area contributed by atoms with Gasteiger partial charge in [-0.15, -0.1) is 11.3 Å². The van der Waals surface area contributed by atoms with Crippen molar-refractivity contribution in [2.24, 2.45) is 0 Å². The Morgan fingerprint density at radius 1 is 1.54 bits per heavy atom. The van der Waals surface area contributed by atoms with Crippen LogP contribution in [0.1, 0.15) is 15.3 Å². The smallest absolute Gasteiger partial charge is 0.0643 e. The van der Waals surface area contributed by atoms with Gasteiger partial charge in [0.25, 0.3) is 0 Å². The van der Waals surface area contributed by atoms with Gasteiger partial charge in [0.05, 0.1) is 19.3 Å². The Morgan fingerprint density at radius 3 is 2.77 bits per heavy atom. The first-order chi connectivity index (χ1) is 6.25. The quantitative estimate of drug-likeness (QED) is 0.798. The van der Waals surface area contributed by atoms with Crippen molar-refractivity contribution in [2.75, 3.05) is 13.2 Å². The van der Waals surface area contributed by atoms with E-state index in [2.05, 4.69) is 25.2 Å². The van der Waals surface area contributed by atoms with Gasteiger partial charge in [0.2, 0.25) is 0 Å². The van der Waals surface area contributed by atoms with Crippen LogP contribution < -0.4 is 5.32 Å². The highest BCUT2D eigenvalue weighted by atomic mass is 32.1. The van der Waals surface area contributed by atoms with E-state index in [1.54, 1.807) is 0 Å². The van der Waals surface area contributed by atoms with Gasteiger partial charge < -0.3 is 10.1 Å². The number of rotatable bonds is 3. The molecule has 2 nitrogen and oxygen atoms in total. The van der Waals surface area contributed by atoms with Crippen LogP contribution >= 0.6 is 11.3 Å². The largest absolute Gasteiger partial charge is 0.378 e. The molecule has 0 aromatic carbocycles. The molecular weight excluding hydrogens is 182 g/mol. The maximum atomic E-state index is 5.10. The number of nitrogens with one attached hydrogen (secondary N) is 1. The molecular formula is C10H15NOS. The molecule has 0 saturated carbocycles. The second-order valence-electron chi connectivity index (χ2n) is 3.55. The Morgan fingerprint density at radius 2 is 2.31 bits per heavy atom. The van der Waals surface area contributed by atoms with Crippen LogP contribution in [0.25, 0.3) is 0 Å². The van der Waals surface area contributed by atoms with Crippen LogP contribution in [0.15, 0.2) is 6.07 Å². The first-order valence-electron chi connectivity index (χ1n) is 4.63. The summed E-state index contributed by atoms with van der Waals surface area (Å²) in [5.74, 6) is 0. The number of hydrogen-bond donors (Lipinski definition) is 1. The van der Waals surface area contributed by atoms with E-state index in [1.165, 1.54) is 15.3 Å². The molecule has 13 heavy (non-hydrogen) atoms. The van der Waals surface area contributed by atoms with Crippen molar-refractivity contribution in [3.8, 4) is 0 Å². The van der Waals surface area contributed by atoms with Gasteiger partial charge in [-0.25, -0.2) is 0 Å². The van der Waals surface area contributed by atoms with Crippen LogP contribution in [0.2, 0.25) is 0 Å². The van der Waals surface area contributed by atoms with Crippen LogP contribution in [0.5, 0.6) is 0 Å². The van der Waals surface area contributed by atoms with Gasteiger partial charge in [-0.05, 0) is 25.5 Å². The minimum absolute atomic E-state index is 0.583. The molecule has 72 valence electrons. The van der Waals surface area contributed by atoms with E-state index < -0.39 is 0 Å². The van der Waals surface area contributed by atoms with Gasteiger partial charge in [0.15, 0.2) is 0 Å². The number of aryl methyl sites for hydroxylation is 2. The second kappa shape index (κ2) is 3.78. The van der Waals surface area contributed by atoms with Crippen LogP contribution in [-0.4, -0.2) is 19.3 Å². The normalized spacial score (nSPS) is 17.4. The number of hydrogen-bond acceptors (Lipinski definition) is 3. The van der Waals surface area contributed by atoms with Crippen molar-refractivity contribution in [3.63, 3.8) is 0 Å². The zero-order chi connectivity index (χ0) is 9.26. The molecule has 0 bridgehead atoms. The molecule has 3 heteroatoms. The lowest BCUT2D eigenvalue weighted by atomic mass is 10.2. The summed E-state index contributed by atoms with van der Waals surface area (Å²) >= 11 is 1.88. The molecule has 2 heterocycles. The molecule has 1 fully saturated rings. The highest BCUT2D eigenvalue weighted by Gasteiger charge is 2.17. The van der Waals surface area contributed by atoms with Crippen LogP contribution in [0, 0.1) is 13.8 Å². The van der Waals surface area contributed by atoms with Gasteiger partial charge in [-0.3, -0.25) is 0 Å². The summed E-state index contributed by atoms with van der Waals surface area (Å²) in [6.07, 6.45) is 0. The molecule has 1 aromatic rings. The van der Waals surface area contributed by atoms with Crippen molar-refractivity contribution in [1.29, 1.82) is 0 Å². The van der Waals surface area contributed by atoms with Gasteiger partial charge >= 0.3 is 0 Å². The Kier molecular flexibility index (Phi) is 2.67. The lowest BCUT2D eigenvalue weighted by molar-refractivity contribution is -0.00578. The summed E-state index contributed by atoms with van der Waals surface area (Å²) in [7, 11) is 0. The summed E-state index contributed by atoms with van der Waals surface area (Å²) in [6.45, 7) is 7.09. The van der Waals surface area contributed by atoms with Gasteiger partial charge in [-0.2, -0.15) is 0 Å². The molecule has 1 aliphatic heterocycles. The molecule has 0 unspecified atom stereocenters. The van der Waals surface area contributed by atoms with Gasteiger partial charge in [0.1, 0.15) is 0 Å². The predicted molar refractivity (Wildman–Crippen MR) is 55.2 cm³/mol. The average molecular weight is 197 g/mol. The molecule has 1 aliphatic rings. The first-order valence-corrected chi connectivity index (χ1v) is 5.44. The zero-order valence-electron chi connectivity index (χ0n) is 8.09. The summed E-state index contributed by atoms with van der Waals surface area (Å²) in [5.41, 5.74) is 1.44. The fourth-order valence-electron chi connectivity index (χ4n) is 1.47. The lowest BCUT2D eigenvalue weighted by Gasteiger charge is -2.26. The van der Waals surface area contributed by atoms with Crippen molar-refractivity contribution < 1.29 is 4.74 Å². The number of ether oxygens (including phenoxy) is 1. The third-order valence-electron chi connectivity index (χ3n) is 2.36. The molecule has 2 rings (SSSR count). The van der Waals surface area contributed by atoms with Gasteiger partial charge in [0, 0.05) is 16.3 Å². The summed E-state index contributed by atoms with van der Waals surface area (Å²) in [6, 6.07) is 2.85. The van der Waals surface area contributed by atoms with E-state index in [0.717, 1.165) is 19.8 Å². The molecule has 1 aromatic heterocycles. The van der Waals surface area contributed by atoms with E-state index in [4.69, 9.17) is 4.74 Å². The van der Waals surface area contributed by atoms with Crippen molar-refractivity contribution >= 4 is 11.3 Å². The fraction of sp³-hybridized carbons (Fsp3) is 0.600. The van der Waals surface area contributed by atoms with E-state index >= 15 is 0 Å². The summed E-state index contributed by atoms with van der Waals surface area (Å²) in [4.78, 5) is 2.84. The molecule has 0 spiro atoms. The molecule has 1 N–H and O–H groups in total. The fourth-order valence-corrected chi connectivity index (χ4v) is 2.41. The minimum Gasteiger partial charge on any atom is -0.378 e. The number of thiophene rings is 1. The third-order valence-corrected chi connectivity index (χ3v) is 3.37. The van der Waals surface area contributed by atoms with Crippen LogP contribution in [0.3, 0.4) is 0 Å². The van der Waals surface area contributed by atoms with Crippen molar-refractivity contribution in [2.45, 2.75) is 26.4 Å². The standard InChI is InChI=1S/C10H15NOS/c1-7-3-9(8(2)13-7)4-11-10-5-12-6-10/h3,10-11H,4-6H2,1-2H3. The highest BCUT2D eigenvalue weighted by Crippen LogP contribution is 2.20. The average Bonchev–Trinajstić information content (AvgIpc) is 2.27. The topological polar surface area (TPSA) is 21.3 Å². The van der Waals surface area contributed by atoms with Crippen molar-refractivity contribution in [3.05, 3.63) is 21.4 Å². The van der Waals surface area contributed by atoms with E-state index in [-0.39, 0.29) is 0 Å².